The Balaban J connectivity index is 2.59. The number of unbranched alkanes of at least 4 members (excludes halogenated alkanes) is 1. The number of carbonyl (C=O) groups is 2. The van der Waals surface area contributed by atoms with Crippen molar-refractivity contribution in [3.05, 3.63) is 35.4 Å². The second-order valence-corrected chi connectivity index (χ2v) is 5.01. The summed E-state index contributed by atoms with van der Waals surface area (Å²) in [5.74, 6) is -0.180. The number of aryl methyl sites for hydroxylation is 1. The summed E-state index contributed by atoms with van der Waals surface area (Å²) in [7, 11) is 0. The van der Waals surface area contributed by atoms with Crippen LogP contribution in [0.3, 0.4) is 0 Å². The Morgan fingerprint density at radius 1 is 1.25 bits per heavy atom. The zero-order valence-corrected chi connectivity index (χ0v) is 12.6. The molecule has 0 saturated heterocycles. The van der Waals surface area contributed by atoms with E-state index in [2.05, 4.69) is 12.2 Å². The van der Waals surface area contributed by atoms with Crippen LogP contribution >= 0.6 is 0 Å². The maximum absolute atomic E-state index is 11.8. The Labute approximate surface area is 121 Å². The summed E-state index contributed by atoms with van der Waals surface area (Å²) in [6, 6.07) is 7.91. The fraction of sp³-hybridized carbons (Fsp3) is 0.500. The third kappa shape index (κ3) is 5.43. The van der Waals surface area contributed by atoms with E-state index >= 15 is 0 Å². The SMILES string of the molecule is CCCCNC(=O)CN(Cc1ccccc1C)C(C)=O. The fourth-order valence-electron chi connectivity index (χ4n) is 1.91. The first-order chi connectivity index (χ1) is 9.54. The quantitative estimate of drug-likeness (QED) is 0.777. The monoisotopic (exact) mass is 276 g/mol. The summed E-state index contributed by atoms with van der Waals surface area (Å²) in [4.78, 5) is 25.0. The van der Waals surface area contributed by atoms with Gasteiger partial charge in [-0.05, 0) is 24.5 Å². The Morgan fingerprint density at radius 2 is 1.95 bits per heavy atom. The van der Waals surface area contributed by atoms with Crippen molar-refractivity contribution in [2.75, 3.05) is 13.1 Å². The average Bonchev–Trinajstić information content (AvgIpc) is 2.40. The van der Waals surface area contributed by atoms with Crippen molar-refractivity contribution in [3.8, 4) is 0 Å². The second-order valence-electron chi connectivity index (χ2n) is 5.01. The summed E-state index contributed by atoms with van der Waals surface area (Å²) in [6.45, 7) is 6.85. The zero-order chi connectivity index (χ0) is 15.0. The topological polar surface area (TPSA) is 49.4 Å². The molecule has 0 fully saturated rings. The molecule has 0 bridgehead atoms. The van der Waals surface area contributed by atoms with Crippen LogP contribution in [-0.2, 0) is 16.1 Å². The van der Waals surface area contributed by atoms with Gasteiger partial charge in [0.15, 0.2) is 0 Å². The molecule has 1 aromatic rings. The molecule has 0 aliphatic heterocycles. The van der Waals surface area contributed by atoms with Gasteiger partial charge in [0.2, 0.25) is 11.8 Å². The molecule has 20 heavy (non-hydrogen) atoms. The molecule has 0 spiro atoms. The van der Waals surface area contributed by atoms with Crippen LogP contribution in [0.25, 0.3) is 0 Å². The smallest absolute Gasteiger partial charge is 0.239 e. The number of amides is 2. The van der Waals surface area contributed by atoms with Crippen molar-refractivity contribution in [1.29, 1.82) is 0 Å². The van der Waals surface area contributed by atoms with Crippen LogP contribution in [0.15, 0.2) is 24.3 Å². The van der Waals surface area contributed by atoms with E-state index in [1.54, 1.807) is 4.90 Å². The van der Waals surface area contributed by atoms with Gasteiger partial charge in [-0.3, -0.25) is 9.59 Å². The minimum atomic E-state index is -0.0952. The van der Waals surface area contributed by atoms with Gasteiger partial charge in [-0.25, -0.2) is 0 Å². The molecular weight excluding hydrogens is 252 g/mol. The van der Waals surface area contributed by atoms with Crippen LogP contribution in [0.5, 0.6) is 0 Å². The molecule has 1 N–H and O–H groups in total. The van der Waals surface area contributed by atoms with Gasteiger partial charge in [0.1, 0.15) is 0 Å². The second kappa shape index (κ2) is 8.35. The molecule has 4 heteroatoms. The molecule has 0 unspecified atom stereocenters. The summed E-state index contributed by atoms with van der Waals surface area (Å²) in [6.07, 6.45) is 2.00. The number of hydrogen-bond acceptors (Lipinski definition) is 2. The van der Waals surface area contributed by atoms with Crippen molar-refractivity contribution < 1.29 is 9.59 Å². The number of rotatable bonds is 7. The molecule has 2 amide bonds. The number of nitrogens with zero attached hydrogens (tertiary/aromatic N) is 1. The lowest BCUT2D eigenvalue weighted by atomic mass is 10.1. The predicted molar refractivity (Wildman–Crippen MR) is 80.2 cm³/mol. The first-order valence-electron chi connectivity index (χ1n) is 7.11. The molecule has 0 saturated carbocycles. The van der Waals surface area contributed by atoms with Crippen molar-refractivity contribution in [2.24, 2.45) is 0 Å². The van der Waals surface area contributed by atoms with Crippen molar-refractivity contribution in [2.45, 2.75) is 40.2 Å². The van der Waals surface area contributed by atoms with Crippen molar-refractivity contribution in [1.82, 2.24) is 10.2 Å². The predicted octanol–water partition coefficient (Wildman–Crippen LogP) is 2.26. The summed E-state index contributed by atoms with van der Waals surface area (Å²) in [5, 5.41) is 2.84. The summed E-state index contributed by atoms with van der Waals surface area (Å²) >= 11 is 0. The highest BCUT2D eigenvalue weighted by atomic mass is 16.2. The van der Waals surface area contributed by atoms with Crippen molar-refractivity contribution >= 4 is 11.8 Å². The summed E-state index contributed by atoms with van der Waals surface area (Å²) in [5.41, 5.74) is 2.20. The molecule has 1 rings (SSSR count). The normalized spacial score (nSPS) is 10.2. The van der Waals surface area contributed by atoms with Gasteiger partial charge in [-0.15, -0.1) is 0 Å². The Kier molecular flexibility index (Phi) is 6.77. The highest BCUT2D eigenvalue weighted by Gasteiger charge is 2.14. The van der Waals surface area contributed by atoms with Gasteiger partial charge in [-0.1, -0.05) is 37.6 Å². The Bertz CT molecular complexity index is 458. The maximum Gasteiger partial charge on any atom is 0.239 e. The molecule has 0 aromatic heterocycles. The standard InChI is InChI=1S/C16H24N2O2/c1-4-5-10-17-16(20)12-18(14(3)19)11-15-9-7-6-8-13(15)2/h6-9H,4-5,10-12H2,1-3H3,(H,17,20). The maximum atomic E-state index is 11.8. The third-order valence-corrected chi connectivity index (χ3v) is 3.25. The van der Waals surface area contributed by atoms with E-state index < -0.39 is 0 Å². The van der Waals surface area contributed by atoms with Crippen LogP contribution in [-0.4, -0.2) is 29.8 Å². The molecule has 0 radical (unpaired) electrons. The zero-order valence-electron chi connectivity index (χ0n) is 12.6. The summed E-state index contributed by atoms with van der Waals surface area (Å²) < 4.78 is 0. The van der Waals surface area contributed by atoms with E-state index in [0.717, 1.165) is 24.0 Å². The van der Waals surface area contributed by atoms with Gasteiger partial charge in [-0.2, -0.15) is 0 Å². The first kappa shape index (κ1) is 16.2. The fourth-order valence-corrected chi connectivity index (χ4v) is 1.91. The van der Waals surface area contributed by atoms with E-state index in [1.807, 2.05) is 31.2 Å². The molecule has 0 atom stereocenters. The number of benzene rings is 1. The molecular formula is C16H24N2O2. The number of hydrogen-bond donors (Lipinski definition) is 1. The molecule has 0 heterocycles. The minimum absolute atomic E-state index is 0.0844. The lowest BCUT2D eigenvalue weighted by Crippen LogP contribution is -2.39. The molecule has 0 aliphatic carbocycles. The number of nitrogens with one attached hydrogen (secondary N) is 1. The average molecular weight is 276 g/mol. The Hall–Kier alpha value is -1.84. The van der Waals surface area contributed by atoms with Gasteiger partial charge >= 0.3 is 0 Å². The number of carbonyl (C=O) groups excluding carboxylic acids is 2. The van der Waals surface area contributed by atoms with Crippen LogP contribution in [0, 0.1) is 6.92 Å². The van der Waals surface area contributed by atoms with Gasteiger partial charge in [0, 0.05) is 20.0 Å². The molecule has 4 nitrogen and oxygen atoms in total. The molecule has 110 valence electrons. The van der Waals surface area contributed by atoms with E-state index in [-0.39, 0.29) is 18.4 Å². The van der Waals surface area contributed by atoms with Gasteiger partial charge in [0.05, 0.1) is 6.54 Å². The highest BCUT2D eigenvalue weighted by Crippen LogP contribution is 2.10. The lowest BCUT2D eigenvalue weighted by Gasteiger charge is -2.21. The van der Waals surface area contributed by atoms with Crippen LogP contribution in [0.1, 0.15) is 37.8 Å². The van der Waals surface area contributed by atoms with Crippen molar-refractivity contribution in [3.63, 3.8) is 0 Å². The lowest BCUT2D eigenvalue weighted by molar-refractivity contribution is -0.134. The Morgan fingerprint density at radius 3 is 2.55 bits per heavy atom. The van der Waals surface area contributed by atoms with Crippen LogP contribution < -0.4 is 5.32 Å². The van der Waals surface area contributed by atoms with Gasteiger partial charge < -0.3 is 10.2 Å². The minimum Gasteiger partial charge on any atom is -0.355 e. The van der Waals surface area contributed by atoms with E-state index in [0.29, 0.717) is 13.1 Å². The molecule has 1 aromatic carbocycles. The van der Waals surface area contributed by atoms with Crippen LogP contribution in [0.4, 0.5) is 0 Å². The molecule has 0 aliphatic rings. The van der Waals surface area contributed by atoms with Gasteiger partial charge in [0.25, 0.3) is 0 Å². The van der Waals surface area contributed by atoms with Crippen LogP contribution in [0.2, 0.25) is 0 Å². The third-order valence-electron chi connectivity index (χ3n) is 3.25. The highest BCUT2D eigenvalue weighted by molar-refractivity contribution is 5.83. The first-order valence-corrected chi connectivity index (χ1v) is 7.11. The largest absolute Gasteiger partial charge is 0.355 e. The van der Waals surface area contributed by atoms with E-state index in [9.17, 15) is 9.59 Å². The van der Waals surface area contributed by atoms with E-state index in [4.69, 9.17) is 0 Å². The van der Waals surface area contributed by atoms with E-state index in [1.165, 1.54) is 6.92 Å².